The maximum Gasteiger partial charge on any atom is 0.332 e. The Balaban J connectivity index is 1.80. The van der Waals surface area contributed by atoms with Gasteiger partial charge in [0.05, 0.1) is 11.1 Å². The van der Waals surface area contributed by atoms with Crippen molar-refractivity contribution in [1.29, 1.82) is 0 Å². The van der Waals surface area contributed by atoms with Gasteiger partial charge in [-0.15, -0.1) is 11.8 Å². The number of rotatable bonds is 4. The van der Waals surface area contributed by atoms with Crippen LogP contribution in [0.1, 0.15) is 12.8 Å². The van der Waals surface area contributed by atoms with E-state index in [1.54, 1.807) is 18.0 Å². The van der Waals surface area contributed by atoms with Gasteiger partial charge in [-0.2, -0.15) is 0 Å². The fourth-order valence-electron chi connectivity index (χ4n) is 1.64. The molecule has 0 amide bonds. The molecule has 2 unspecified atom stereocenters. The molecule has 1 aliphatic heterocycles. The van der Waals surface area contributed by atoms with E-state index in [0.717, 1.165) is 21.7 Å². The monoisotopic (exact) mass is 317 g/mol. The smallest absolute Gasteiger partial charge is 0.332 e. The van der Waals surface area contributed by atoms with Gasteiger partial charge in [-0.3, -0.25) is 0 Å². The summed E-state index contributed by atoms with van der Waals surface area (Å²) in [6.45, 7) is 0. The van der Waals surface area contributed by atoms with Crippen LogP contribution in [0.15, 0.2) is 27.8 Å². The molecule has 2 rings (SSSR count). The largest absolute Gasteiger partial charge is 0.479 e. The van der Waals surface area contributed by atoms with E-state index >= 15 is 0 Å². The van der Waals surface area contributed by atoms with Crippen molar-refractivity contribution in [3.63, 3.8) is 0 Å². The fraction of sp³-hybridized carbons (Fsp3) is 0.455. The highest BCUT2D eigenvalue weighted by atomic mass is 79.9. The Kier molecular flexibility index (Phi) is 4.42. The molecule has 4 nitrogen and oxygen atoms in total. The molecule has 1 N–H and O–H groups in total. The second kappa shape index (κ2) is 5.84. The van der Waals surface area contributed by atoms with Gasteiger partial charge in [-0.25, -0.2) is 9.78 Å². The lowest BCUT2D eigenvalue weighted by molar-refractivity contribution is -0.148. The van der Waals surface area contributed by atoms with Crippen molar-refractivity contribution in [3.8, 4) is 0 Å². The number of hydrogen-bond donors (Lipinski definition) is 1. The van der Waals surface area contributed by atoms with Gasteiger partial charge in [0.25, 0.3) is 0 Å². The Morgan fingerprint density at radius 3 is 3.00 bits per heavy atom. The van der Waals surface area contributed by atoms with E-state index in [4.69, 9.17) is 9.84 Å². The Labute approximate surface area is 112 Å². The lowest BCUT2D eigenvalue weighted by Gasteiger charge is -2.10. The van der Waals surface area contributed by atoms with Crippen LogP contribution < -0.4 is 0 Å². The van der Waals surface area contributed by atoms with Crippen molar-refractivity contribution in [2.24, 2.45) is 0 Å². The predicted octanol–water partition coefficient (Wildman–Crippen LogP) is 2.57. The molecular formula is C11H12BrNO3S. The zero-order chi connectivity index (χ0) is 12.3. The van der Waals surface area contributed by atoms with Crippen LogP contribution in [-0.2, 0) is 9.53 Å². The summed E-state index contributed by atoms with van der Waals surface area (Å²) in [5.74, 6) is -0.113. The van der Waals surface area contributed by atoms with Crippen LogP contribution in [0.2, 0.25) is 0 Å². The Bertz CT molecular complexity index is 398. The molecule has 1 aliphatic rings. The highest BCUT2D eigenvalue weighted by molar-refractivity contribution is 9.10. The lowest BCUT2D eigenvalue weighted by atomic mass is 10.2. The summed E-state index contributed by atoms with van der Waals surface area (Å²) in [6.07, 6.45) is 2.55. The predicted molar refractivity (Wildman–Crippen MR) is 68.2 cm³/mol. The average Bonchev–Trinajstić information content (AvgIpc) is 2.77. The number of thioether (sulfide) groups is 1. The maximum atomic E-state index is 10.7. The van der Waals surface area contributed by atoms with Gasteiger partial charge >= 0.3 is 5.97 Å². The van der Waals surface area contributed by atoms with Crippen LogP contribution in [0.25, 0.3) is 0 Å². The molecule has 0 spiro atoms. The van der Waals surface area contributed by atoms with Crippen molar-refractivity contribution in [2.45, 2.75) is 30.1 Å². The standard InChI is InChI=1S/C11H12BrNO3S/c12-7-1-4-10(13-5-7)17-6-8-2-3-9(16-8)11(14)15/h1,4-5,8-9H,2-3,6H2,(H,14,15). The Hall–Kier alpha value is -0.590. The number of ether oxygens (including phenoxy) is 1. The van der Waals surface area contributed by atoms with E-state index in [9.17, 15) is 4.79 Å². The fourth-order valence-corrected chi connectivity index (χ4v) is 2.76. The first-order valence-corrected chi connectivity index (χ1v) is 7.05. The molecule has 0 aromatic carbocycles. The van der Waals surface area contributed by atoms with Gasteiger partial charge in [-0.05, 0) is 40.9 Å². The molecule has 17 heavy (non-hydrogen) atoms. The van der Waals surface area contributed by atoms with Crippen LogP contribution in [0, 0.1) is 0 Å². The number of halogens is 1. The van der Waals surface area contributed by atoms with Gasteiger partial charge in [0.15, 0.2) is 6.10 Å². The van der Waals surface area contributed by atoms with Crippen molar-refractivity contribution < 1.29 is 14.6 Å². The normalized spacial score (nSPS) is 23.8. The number of pyridine rings is 1. The molecule has 6 heteroatoms. The molecule has 1 aromatic rings. The van der Waals surface area contributed by atoms with E-state index in [1.807, 2.05) is 12.1 Å². The van der Waals surface area contributed by atoms with Crippen molar-refractivity contribution >= 4 is 33.7 Å². The molecule has 0 aliphatic carbocycles. The molecule has 92 valence electrons. The molecule has 1 saturated heterocycles. The molecule has 0 bridgehead atoms. The van der Waals surface area contributed by atoms with E-state index in [-0.39, 0.29) is 6.10 Å². The SMILES string of the molecule is O=C(O)C1CCC(CSc2ccc(Br)cn2)O1. The van der Waals surface area contributed by atoms with E-state index in [1.165, 1.54) is 0 Å². The summed E-state index contributed by atoms with van der Waals surface area (Å²) in [7, 11) is 0. The molecule has 1 fully saturated rings. The van der Waals surface area contributed by atoms with E-state index < -0.39 is 12.1 Å². The zero-order valence-corrected chi connectivity index (χ0v) is 11.4. The molecule has 2 atom stereocenters. The molecule has 2 heterocycles. The maximum absolute atomic E-state index is 10.7. The zero-order valence-electron chi connectivity index (χ0n) is 9.01. The van der Waals surface area contributed by atoms with Crippen LogP contribution in [0.3, 0.4) is 0 Å². The lowest BCUT2D eigenvalue weighted by Crippen LogP contribution is -2.21. The number of carboxylic acid groups (broad SMARTS) is 1. The molecular weight excluding hydrogens is 306 g/mol. The first kappa shape index (κ1) is 12.9. The van der Waals surface area contributed by atoms with Crippen LogP contribution in [0.5, 0.6) is 0 Å². The number of carboxylic acids is 1. The third-order valence-electron chi connectivity index (χ3n) is 2.50. The van der Waals surface area contributed by atoms with Gasteiger partial charge in [0.2, 0.25) is 0 Å². The Morgan fingerprint density at radius 2 is 2.41 bits per heavy atom. The van der Waals surface area contributed by atoms with E-state index in [2.05, 4.69) is 20.9 Å². The topological polar surface area (TPSA) is 59.4 Å². The third kappa shape index (κ3) is 3.69. The summed E-state index contributed by atoms with van der Waals surface area (Å²) in [5, 5.41) is 9.72. The van der Waals surface area contributed by atoms with Crippen LogP contribution in [0.4, 0.5) is 0 Å². The molecule has 0 radical (unpaired) electrons. The second-order valence-corrected chi connectivity index (χ2v) is 5.74. The third-order valence-corrected chi connectivity index (χ3v) is 4.05. The minimum absolute atomic E-state index is 0.0200. The molecule has 1 aromatic heterocycles. The highest BCUT2D eigenvalue weighted by Gasteiger charge is 2.30. The first-order valence-electron chi connectivity index (χ1n) is 5.28. The molecule has 0 saturated carbocycles. The summed E-state index contributed by atoms with van der Waals surface area (Å²) in [5.41, 5.74) is 0. The second-order valence-electron chi connectivity index (χ2n) is 3.79. The van der Waals surface area contributed by atoms with Crippen LogP contribution in [-0.4, -0.2) is 34.0 Å². The van der Waals surface area contributed by atoms with Gasteiger partial charge in [0.1, 0.15) is 0 Å². The Morgan fingerprint density at radius 1 is 1.59 bits per heavy atom. The number of aliphatic carboxylic acids is 1. The first-order chi connectivity index (χ1) is 8.15. The highest BCUT2D eigenvalue weighted by Crippen LogP contribution is 2.26. The minimum atomic E-state index is -0.862. The summed E-state index contributed by atoms with van der Waals surface area (Å²) in [6, 6.07) is 3.86. The van der Waals surface area contributed by atoms with Crippen molar-refractivity contribution in [3.05, 3.63) is 22.8 Å². The van der Waals surface area contributed by atoms with Gasteiger partial charge in [0, 0.05) is 16.4 Å². The van der Waals surface area contributed by atoms with E-state index in [0.29, 0.717) is 6.42 Å². The number of aromatic nitrogens is 1. The quantitative estimate of drug-likeness (QED) is 0.865. The average molecular weight is 318 g/mol. The van der Waals surface area contributed by atoms with Crippen LogP contribution >= 0.6 is 27.7 Å². The van der Waals surface area contributed by atoms with Crippen molar-refractivity contribution in [2.75, 3.05) is 5.75 Å². The summed E-state index contributed by atoms with van der Waals surface area (Å²) in [4.78, 5) is 14.9. The number of hydrogen-bond acceptors (Lipinski definition) is 4. The minimum Gasteiger partial charge on any atom is -0.479 e. The summed E-state index contributed by atoms with van der Waals surface area (Å²) < 4.78 is 6.36. The van der Waals surface area contributed by atoms with Gasteiger partial charge in [-0.1, -0.05) is 0 Å². The van der Waals surface area contributed by atoms with Gasteiger partial charge < -0.3 is 9.84 Å². The number of carbonyl (C=O) groups is 1. The summed E-state index contributed by atoms with van der Waals surface area (Å²) >= 11 is 4.92. The van der Waals surface area contributed by atoms with Crippen molar-refractivity contribution in [1.82, 2.24) is 4.98 Å². The number of nitrogens with zero attached hydrogens (tertiary/aromatic N) is 1.